The predicted octanol–water partition coefficient (Wildman–Crippen LogP) is 5.60. The minimum absolute atomic E-state index is 0.0230. The van der Waals surface area contributed by atoms with E-state index in [1.54, 1.807) is 15.6 Å². The van der Waals surface area contributed by atoms with Gasteiger partial charge in [-0.25, -0.2) is 9.48 Å². The number of carbonyl (C=O) groups excluding carboxylic acids is 1. The zero-order chi connectivity index (χ0) is 24.4. The summed E-state index contributed by atoms with van der Waals surface area (Å²) in [5, 5.41) is 15.5. The minimum Gasteiger partial charge on any atom is -0.334 e. The third-order valence-electron chi connectivity index (χ3n) is 6.74. The second-order valence-corrected chi connectivity index (χ2v) is 9.05. The maximum Gasteiger partial charge on any atom is 0.320 e. The van der Waals surface area contributed by atoms with Crippen molar-refractivity contribution in [1.82, 2.24) is 24.9 Å². The van der Waals surface area contributed by atoms with Crippen LogP contribution in [0.4, 0.5) is 10.6 Å². The Balaban J connectivity index is 1.44. The molecule has 35 heavy (non-hydrogen) atoms. The van der Waals surface area contributed by atoms with E-state index < -0.39 is 0 Å². The summed E-state index contributed by atoms with van der Waals surface area (Å²) in [4.78, 5) is 13.3. The fraction of sp³-hybridized carbons (Fsp3) is 0.250. The number of benzene rings is 2. The molecular formula is C28H30N6O. The van der Waals surface area contributed by atoms with Gasteiger partial charge < -0.3 is 5.32 Å². The number of anilines is 1. The predicted molar refractivity (Wildman–Crippen MR) is 139 cm³/mol. The van der Waals surface area contributed by atoms with Gasteiger partial charge in [0.25, 0.3) is 0 Å². The summed E-state index contributed by atoms with van der Waals surface area (Å²) < 4.78 is 3.54. The van der Waals surface area contributed by atoms with Crippen LogP contribution in [0, 0.1) is 6.92 Å². The molecule has 5 rings (SSSR count). The Labute approximate surface area is 205 Å². The fourth-order valence-corrected chi connectivity index (χ4v) is 4.90. The van der Waals surface area contributed by atoms with Crippen molar-refractivity contribution < 1.29 is 4.79 Å². The second kappa shape index (κ2) is 9.62. The van der Waals surface area contributed by atoms with Gasteiger partial charge in [0.1, 0.15) is 11.5 Å². The average molecular weight is 467 g/mol. The molecule has 1 aliphatic carbocycles. The maximum absolute atomic E-state index is 13.3. The number of nitrogens with zero attached hydrogens (tertiary/aromatic N) is 4. The standard InChI is InChI=1S/C28H30N6O/c1-4-20-15-24(21-11-7-5-8-12-21)25(16-20)30-28(35)31-27-19(2)26(22-17-29-33(3)18-22)32-34(27)23-13-9-6-10-14-23/h4-14,17-18,24-25H,15-16H2,1-3H3,(H2,30,31,35)/b20-4+/t24-,25+/m0/s1. The van der Waals surface area contributed by atoms with Gasteiger partial charge in [-0.3, -0.25) is 10.00 Å². The topological polar surface area (TPSA) is 76.8 Å². The van der Waals surface area contributed by atoms with Crippen molar-refractivity contribution in [1.29, 1.82) is 0 Å². The number of carbonyl (C=O) groups is 1. The SMILES string of the molecule is C/C=C1/C[C@@H](NC(=O)Nc2c(C)c(-c3cnn(C)c3)nn2-c2ccccc2)[C@H](c2ccccc2)C1. The van der Waals surface area contributed by atoms with E-state index in [-0.39, 0.29) is 18.0 Å². The highest BCUT2D eigenvalue weighted by molar-refractivity contribution is 5.91. The van der Waals surface area contributed by atoms with Crippen LogP contribution in [0.3, 0.4) is 0 Å². The fourth-order valence-electron chi connectivity index (χ4n) is 4.90. The zero-order valence-electron chi connectivity index (χ0n) is 20.3. The Morgan fingerprint density at radius 2 is 1.77 bits per heavy atom. The summed E-state index contributed by atoms with van der Waals surface area (Å²) in [7, 11) is 1.88. The van der Waals surface area contributed by atoms with E-state index in [1.165, 1.54) is 11.1 Å². The van der Waals surface area contributed by atoms with Gasteiger partial charge in [0.15, 0.2) is 0 Å². The van der Waals surface area contributed by atoms with Crippen LogP contribution >= 0.6 is 0 Å². The van der Waals surface area contributed by atoms with Crippen molar-refractivity contribution in [3.63, 3.8) is 0 Å². The van der Waals surface area contributed by atoms with E-state index >= 15 is 0 Å². The third kappa shape index (κ3) is 4.62. The largest absolute Gasteiger partial charge is 0.334 e. The third-order valence-corrected chi connectivity index (χ3v) is 6.74. The van der Waals surface area contributed by atoms with Gasteiger partial charge >= 0.3 is 6.03 Å². The smallest absolute Gasteiger partial charge is 0.320 e. The number of rotatable bonds is 5. The lowest BCUT2D eigenvalue weighted by atomic mass is 9.94. The summed E-state index contributed by atoms with van der Waals surface area (Å²) in [5.74, 6) is 0.896. The Bertz CT molecular complexity index is 1350. The van der Waals surface area contributed by atoms with Gasteiger partial charge in [-0.05, 0) is 44.4 Å². The number of para-hydroxylation sites is 1. The van der Waals surface area contributed by atoms with Gasteiger partial charge in [0.2, 0.25) is 0 Å². The average Bonchev–Trinajstić information content (AvgIpc) is 3.58. The summed E-state index contributed by atoms with van der Waals surface area (Å²) in [6, 6.07) is 20.1. The second-order valence-electron chi connectivity index (χ2n) is 9.05. The Morgan fingerprint density at radius 3 is 2.43 bits per heavy atom. The molecule has 0 radical (unpaired) electrons. The first-order chi connectivity index (χ1) is 17.0. The quantitative estimate of drug-likeness (QED) is 0.376. The van der Waals surface area contributed by atoms with Crippen molar-refractivity contribution in [2.75, 3.05) is 5.32 Å². The molecule has 2 amide bonds. The molecule has 0 bridgehead atoms. The van der Waals surface area contributed by atoms with Crippen LogP contribution < -0.4 is 10.6 Å². The van der Waals surface area contributed by atoms with Crippen LogP contribution in [-0.2, 0) is 7.05 Å². The van der Waals surface area contributed by atoms with Gasteiger partial charge in [0, 0.05) is 36.3 Å². The molecule has 2 aromatic carbocycles. The van der Waals surface area contributed by atoms with Crippen LogP contribution in [0.2, 0.25) is 0 Å². The molecule has 0 aliphatic heterocycles. The number of amides is 2. The van der Waals surface area contributed by atoms with Crippen LogP contribution in [0.5, 0.6) is 0 Å². The maximum atomic E-state index is 13.3. The molecule has 2 atom stereocenters. The number of hydrogen-bond acceptors (Lipinski definition) is 3. The molecule has 0 saturated heterocycles. The van der Waals surface area contributed by atoms with Crippen LogP contribution in [-0.4, -0.2) is 31.6 Å². The Kier molecular flexibility index (Phi) is 6.23. The molecule has 2 heterocycles. The lowest BCUT2D eigenvalue weighted by molar-refractivity contribution is 0.247. The number of nitrogens with one attached hydrogen (secondary N) is 2. The molecule has 2 aromatic heterocycles. The molecular weight excluding hydrogens is 436 g/mol. The number of hydrogen-bond donors (Lipinski definition) is 2. The van der Waals surface area contributed by atoms with E-state index in [1.807, 2.05) is 56.6 Å². The van der Waals surface area contributed by atoms with Crippen molar-refractivity contribution >= 4 is 11.8 Å². The molecule has 0 spiro atoms. The molecule has 4 aromatic rings. The van der Waals surface area contributed by atoms with Crippen LogP contribution in [0.15, 0.2) is 84.7 Å². The number of allylic oxidation sites excluding steroid dienone is 1. The van der Waals surface area contributed by atoms with Crippen LogP contribution in [0.1, 0.15) is 36.8 Å². The first-order valence-corrected chi connectivity index (χ1v) is 11.9. The molecule has 0 unspecified atom stereocenters. The van der Waals surface area contributed by atoms with Gasteiger partial charge in [-0.2, -0.15) is 10.2 Å². The van der Waals surface area contributed by atoms with Gasteiger partial charge in [0.05, 0.1) is 11.9 Å². The molecule has 2 N–H and O–H groups in total. The van der Waals surface area contributed by atoms with Crippen molar-refractivity contribution in [3.05, 3.63) is 95.8 Å². The highest BCUT2D eigenvalue weighted by Gasteiger charge is 2.33. The minimum atomic E-state index is -0.230. The number of aryl methyl sites for hydroxylation is 1. The Morgan fingerprint density at radius 1 is 1.06 bits per heavy atom. The highest BCUT2D eigenvalue weighted by Crippen LogP contribution is 2.38. The van der Waals surface area contributed by atoms with Gasteiger partial charge in [-0.15, -0.1) is 0 Å². The summed E-state index contributed by atoms with van der Waals surface area (Å²) >= 11 is 0. The number of urea groups is 1. The van der Waals surface area contributed by atoms with E-state index in [4.69, 9.17) is 5.10 Å². The van der Waals surface area contributed by atoms with Gasteiger partial charge in [-0.1, -0.05) is 60.2 Å². The highest BCUT2D eigenvalue weighted by atomic mass is 16.2. The molecule has 1 aliphatic rings. The molecule has 1 fully saturated rings. The number of aromatic nitrogens is 4. The van der Waals surface area contributed by atoms with Crippen molar-refractivity contribution in [2.24, 2.45) is 7.05 Å². The molecule has 178 valence electrons. The first-order valence-electron chi connectivity index (χ1n) is 11.9. The lowest BCUT2D eigenvalue weighted by Gasteiger charge is -2.21. The summed E-state index contributed by atoms with van der Waals surface area (Å²) in [5.41, 5.74) is 6.07. The summed E-state index contributed by atoms with van der Waals surface area (Å²) in [6.07, 6.45) is 7.69. The van der Waals surface area contributed by atoms with Crippen molar-refractivity contribution in [2.45, 2.75) is 38.6 Å². The molecule has 7 heteroatoms. The Hall–Kier alpha value is -4.13. The van der Waals surface area contributed by atoms with Crippen molar-refractivity contribution in [3.8, 4) is 16.9 Å². The lowest BCUT2D eigenvalue weighted by Crippen LogP contribution is -2.39. The zero-order valence-corrected chi connectivity index (χ0v) is 20.3. The van der Waals surface area contributed by atoms with E-state index in [0.717, 1.165) is 35.3 Å². The van der Waals surface area contributed by atoms with E-state index in [2.05, 4.69) is 53.0 Å². The summed E-state index contributed by atoms with van der Waals surface area (Å²) in [6.45, 7) is 4.05. The van der Waals surface area contributed by atoms with Crippen LogP contribution in [0.25, 0.3) is 16.9 Å². The van der Waals surface area contributed by atoms with E-state index in [0.29, 0.717) is 5.82 Å². The van der Waals surface area contributed by atoms with E-state index in [9.17, 15) is 4.79 Å². The monoisotopic (exact) mass is 466 g/mol. The molecule has 7 nitrogen and oxygen atoms in total. The molecule has 1 saturated carbocycles. The first kappa shape index (κ1) is 22.7. The normalized spacial score (nSPS) is 18.7.